The molecule has 0 saturated heterocycles. The first-order valence-corrected chi connectivity index (χ1v) is 5.75. The largest absolute Gasteiger partial charge is 0.380 e. The third kappa shape index (κ3) is 1.97. The summed E-state index contributed by atoms with van der Waals surface area (Å²) in [6.07, 6.45) is 0. The maximum absolute atomic E-state index is 11.0. The number of benzene rings is 1. The predicted molar refractivity (Wildman–Crippen MR) is 70.5 cm³/mol. The third-order valence-corrected chi connectivity index (χ3v) is 3.38. The lowest BCUT2D eigenvalue weighted by Gasteiger charge is -2.03. The summed E-state index contributed by atoms with van der Waals surface area (Å²) < 4.78 is 5.65. The summed E-state index contributed by atoms with van der Waals surface area (Å²) in [7, 11) is 0. The van der Waals surface area contributed by atoms with Gasteiger partial charge < -0.3 is 10.3 Å². The topological polar surface area (TPSA) is 95.2 Å². The van der Waals surface area contributed by atoms with E-state index in [9.17, 15) is 10.1 Å². The van der Waals surface area contributed by atoms with Crippen molar-refractivity contribution in [3.63, 3.8) is 0 Å². The fourth-order valence-electron chi connectivity index (χ4n) is 1.55. The first kappa shape index (κ1) is 11.8. The van der Waals surface area contributed by atoms with Crippen molar-refractivity contribution in [3.8, 4) is 11.3 Å². The Bertz CT molecular complexity index is 594. The van der Waals surface area contributed by atoms with Crippen molar-refractivity contribution in [2.75, 3.05) is 5.73 Å². The van der Waals surface area contributed by atoms with Gasteiger partial charge >= 0.3 is 0 Å². The predicted octanol–water partition coefficient (Wildman–Crippen LogP) is 2.75. The molecule has 0 aliphatic carbocycles. The second-order valence-corrected chi connectivity index (χ2v) is 4.52. The molecule has 0 aliphatic heterocycles. The number of hydrogen-bond acceptors (Lipinski definition) is 5. The minimum absolute atomic E-state index is 0.0148. The van der Waals surface area contributed by atoms with Crippen molar-refractivity contribution in [1.29, 1.82) is 0 Å². The number of aryl methyl sites for hydroxylation is 1. The van der Waals surface area contributed by atoms with Gasteiger partial charge in [0.05, 0.1) is 4.92 Å². The van der Waals surface area contributed by atoms with Crippen LogP contribution in [0.5, 0.6) is 0 Å². The van der Waals surface area contributed by atoms with Crippen LogP contribution in [0.1, 0.15) is 5.56 Å². The number of nitrogens with zero attached hydrogens (tertiary/aromatic N) is 2. The monoisotopic (exact) mass is 345 g/mol. The van der Waals surface area contributed by atoms with Crippen LogP contribution in [-0.2, 0) is 0 Å². The Labute approximate surface area is 110 Å². The summed E-state index contributed by atoms with van der Waals surface area (Å²) in [5.41, 5.74) is 6.72. The quantitative estimate of drug-likeness (QED) is 0.513. The number of hydrogen-bond donors (Lipinski definition) is 1. The average Bonchev–Trinajstić information content (AvgIpc) is 2.60. The van der Waals surface area contributed by atoms with Gasteiger partial charge in [0.2, 0.25) is 0 Å². The molecule has 0 radical (unpaired) electrons. The van der Waals surface area contributed by atoms with Crippen LogP contribution in [0.25, 0.3) is 11.3 Å². The Balaban J connectivity index is 2.74. The smallest absolute Gasteiger partial charge is 0.280 e. The second kappa shape index (κ2) is 4.32. The van der Waals surface area contributed by atoms with Crippen molar-refractivity contribution in [2.24, 2.45) is 0 Å². The molecule has 0 fully saturated rings. The van der Waals surface area contributed by atoms with Crippen LogP contribution >= 0.6 is 22.6 Å². The van der Waals surface area contributed by atoms with Crippen molar-refractivity contribution >= 4 is 34.1 Å². The molecule has 0 amide bonds. The lowest BCUT2D eigenvalue weighted by Crippen LogP contribution is -1.95. The molecule has 0 unspecified atom stereocenters. The number of rotatable bonds is 2. The Hall–Kier alpha value is -1.64. The molecule has 2 N–H and O–H groups in total. The summed E-state index contributed by atoms with van der Waals surface area (Å²) in [5, 5.41) is 14.6. The number of nitrogens with two attached hydrogens (primary N) is 1. The van der Waals surface area contributed by atoms with E-state index in [0.29, 0.717) is 14.9 Å². The van der Waals surface area contributed by atoms with Gasteiger partial charge in [-0.15, -0.1) is 0 Å². The molecule has 7 heteroatoms. The molecule has 0 aliphatic rings. The number of aromatic nitrogens is 1. The van der Waals surface area contributed by atoms with E-state index in [1.54, 1.807) is 19.1 Å². The minimum atomic E-state index is -0.447. The number of halogens is 1. The summed E-state index contributed by atoms with van der Waals surface area (Å²) in [4.78, 5) is 10.5. The maximum atomic E-state index is 11.0. The highest BCUT2D eigenvalue weighted by atomic mass is 127. The van der Waals surface area contributed by atoms with Crippen LogP contribution in [0, 0.1) is 20.6 Å². The number of anilines is 1. The first-order valence-electron chi connectivity index (χ1n) is 4.67. The van der Waals surface area contributed by atoms with Gasteiger partial charge in [-0.3, -0.25) is 10.1 Å². The van der Waals surface area contributed by atoms with Crippen LogP contribution in [0.3, 0.4) is 0 Å². The van der Waals surface area contributed by atoms with E-state index in [-0.39, 0.29) is 11.5 Å². The Morgan fingerprint density at radius 3 is 2.76 bits per heavy atom. The van der Waals surface area contributed by atoms with E-state index in [2.05, 4.69) is 5.16 Å². The van der Waals surface area contributed by atoms with Gasteiger partial charge in [-0.1, -0.05) is 17.3 Å². The molecule has 0 bridgehead atoms. The minimum Gasteiger partial charge on any atom is -0.380 e. The number of nitrogen functional groups attached to an aromatic ring is 1. The summed E-state index contributed by atoms with van der Waals surface area (Å²) in [6.45, 7) is 1.77. The van der Waals surface area contributed by atoms with Gasteiger partial charge in [-0.2, -0.15) is 0 Å². The van der Waals surface area contributed by atoms with Crippen LogP contribution in [0.4, 0.5) is 11.5 Å². The zero-order valence-electron chi connectivity index (χ0n) is 8.81. The van der Waals surface area contributed by atoms with Crippen molar-refractivity contribution in [2.45, 2.75) is 6.92 Å². The molecule has 6 nitrogen and oxygen atoms in total. The van der Waals surface area contributed by atoms with Gasteiger partial charge in [0.15, 0.2) is 11.6 Å². The molecule has 0 saturated carbocycles. The van der Waals surface area contributed by atoms with Crippen molar-refractivity contribution in [3.05, 3.63) is 37.4 Å². The lowest BCUT2D eigenvalue weighted by molar-refractivity contribution is -0.384. The average molecular weight is 345 g/mol. The fourth-order valence-corrected chi connectivity index (χ4v) is 2.01. The standard InChI is InChI=1S/C10H8IN3O3/c1-5-3-2-4-6(14(15)16)7(5)9-8(11)10(12)13-17-9/h2-4H,1H3,(H2,12,13). The van der Waals surface area contributed by atoms with Gasteiger partial charge in [-0.05, 0) is 35.1 Å². The molecular formula is C10H8IN3O3. The first-order chi connectivity index (χ1) is 8.02. The Kier molecular flexibility index (Phi) is 3.01. The molecule has 2 rings (SSSR count). The highest BCUT2D eigenvalue weighted by Gasteiger charge is 2.24. The Morgan fingerprint density at radius 2 is 2.24 bits per heavy atom. The van der Waals surface area contributed by atoms with Gasteiger partial charge in [-0.25, -0.2) is 0 Å². The lowest BCUT2D eigenvalue weighted by atomic mass is 10.0. The third-order valence-electron chi connectivity index (χ3n) is 2.33. The SMILES string of the molecule is Cc1cccc([N+](=O)[O-])c1-c1onc(N)c1I. The highest BCUT2D eigenvalue weighted by molar-refractivity contribution is 14.1. The molecule has 2 aromatic rings. The zero-order valence-corrected chi connectivity index (χ0v) is 11.0. The zero-order chi connectivity index (χ0) is 12.6. The second-order valence-electron chi connectivity index (χ2n) is 3.44. The normalized spacial score (nSPS) is 10.5. The van der Waals surface area contributed by atoms with E-state index in [1.165, 1.54) is 6.07 Å². The molecule has 1 aromatic heterocycles. The number of nitro groups is 1. The van der Waals surface area contributed by atoms with Crippen LogP contribution < -0.4 is 5.73 Å². The maximum Gasteiger partial charge on any atom is 0.280 e. The van der Waals surface area contributed by atoms with Gasteiger partial charge in [0, 0.05) is 6.07 Å². The molecule has 0 spiro atoms. The fraction of sp³-hybridized carbons (Fsp3) is 0.100. The van der Waals surface area contributed by atoms with E-state index in [1.807, 2.05) is 22.6 Å². The van der Waals surface area contributed by atoms with Crippen molar-refractivity contribution < 1.29 is 9.45 Å². The van der Waals surface area contributed by atoms with Crippen molar-refractivity contribution in [1.82, 2.24) is 5.16 Å². The number of nitro benzene ring substituents is 1. The van der Waals surface area contributed by atoms with E-state index >= 15 is 0 Å². The van der Waals surface area contributed by atoms with Gasteiger partial charge in [0.25, 0.3) is 5.69 Å². The molecule has 0 atom stereocenters. The van der Waals surface area contributed by atoms with Crippen LogP contribution in [0.2, 0.25) is 0 Å². The summed E-state index contributed by atoms with van der Waals surface area (Å²) in [6, 6.07) is 4.83. The van der Waals surface area contributed by atoms with Crippen LogP contribution in [0.15, 0.2) is 22.7 Å². The van der Waals surface area contributed by atoms with Crippen LogP contribution in [-0.4, -0.2) is 10.1 Å². The molecule has 1 aromatic carbocycles. The van der Waals surface area contributed by atoms with Gasteiger partial charge in [0.1, 0.15) is 9.13 Å². The summed E-state index contributed by atoms with van der Waals surface area (Å²) in [5.74, 6) is 0.575. The highest BCUT2D eigenvalue weighted by Crippen LogP contribution is 2.37. The molecule has 88 valence electrons. The Morgan fingerprint density at radius 1 is 1.53 bits per heavy atom. The molecule has 1 heterocycles. The van der Waals surface area contributed by atoms with E-state index in [0.717, 1.165) is 5.56 Å². The van der Waals surface area contributed by atoms with E-state index in [4.69, 9.17) is 10.3 Å². The van der Waals surface area contributed by atoms with E-state index < -0.39 is 4.92 Å². The summed E-state index contributed by atoms with van der Waals surface area (Å²) >= 11 is 1.96. The molecule has 17 heavy (non-hydrogen) atoms. The molecular weight excluding hydrogens is 337 g/mol.